The molecule has 0 saturated carbocycles. The Bertz CT molecular complexity index is 1760. The van der Waals surface area contributed by atoms with E-state index in [0.29, 0.717) is 5.92 Å². The highest BCUT2D eigenvalue weighted by atomic mass is 19.5. The standard InChI is InChI=1S/C40H41N2.BF4/c1-5-30-23-16-24-31(6-2)38(30)42-28-41(37-27-35(29(3)4)25-26-36(37)32-17-10-7-11-18-32)39(33-19-12-8-13-20-33)40(42)34-21-14-9-15-22-34;2-1(3,4)5/h7-29,39-40H,5-6H2,1-4H3;/q+1;-1/t39-,40-;/m0./s1. The molecule has 0 radical (unpaired) electrons. The Morgan fingerprint density at radius 2 is 1.17 bits per heavy atom. The Morgan fingerprint density at radius 1 is 0.660 bits per heavy atom. The average molecular weight is 637 g/mol. The highest BCUT2D eigenvalue weighted by Gasteiger charge is 2.47. The number of benzene rings is 5. The SMILES string of the molecule is CCc1cccc(CC)c1[N+]1=CN(c2cc(C(C)C)ccc2-c2ccccc2)[C@@H](c2ccccc2)[C@@H]1c1ccccc1.F[B-](F)(F)F. The second-order valence-electron chi connectivity index (χ2n) is 12.1. The van der Waals surface area contributed by atoms with Gasteiger partial charge >= 0.3 is 7.25 Å². The lowest BCUT2D eigenvalue weighted by atomic mass is 9.90. The molecule has 47 heavy (non-hydrogen) atoms. The number of nitrogens with zero attached hydrogens (tertiary/aromatic N) is 2. The summed E-state index contributed by atoms with van der Waals surface area (Å²) in [6.07, 6.45) is 4.39. The maximum atomic E-state index is 9.75. The molecule has 1 aliphatic rings. The number of hydrogen-bond donors (Lipinski definition) is 0. The minimum atomic E-state index is -6.00. The highest BCUT2D eigenvalue weighted by molar-refractivity contribution is 6.50. The molecular weight excluding hydrogens is 595 g/mol. The maximum absolute atomic E-state index is 9.75. The fraction of sp³-hybridized carbons (Fsp3) is 0.225. The third-order valence-corrected chi connectivity index (χ3v) is 8.70. The van der Waals surface area contributed by atoms with Crippen molar-refractivity contribution in [3.63, 3.8) is 0 Å². The lowest BCUT2D eigenvalue weighted by Crippen LogP contribution is -2.26. The highest BCUT2D eigenvalue weighted by Crippen LogP contribution is 2.48. The third kappa shape index (κ3) is 7.85. The Hall–Kier alpha value is -4.65. The van der Waals surface area contributed by atoms with Crippen LogP contribution >= 0.6 is 0 Å². The van der Waals surface area contributed by atoms with Gasteiger partial charge in [0.1, 0.15) is 11.4 Å². The van der Waals surface area contributed by atoms with Crippen molar-refractivity contribution in [2.75, 3.05) is 4.90 Å². The van der Waals surface area contributed by atoms with Crippen LogP contribution in [0.5, 0.6) is 0 Å². The molecule has 0 unspecified atom stereocenters. The molecule has 0 aliphatic carbocycles. The van der Waals surface area contributed by atoms with Gasteiger partial charge in [0.2, 0.25) is 6.34 Å². The summed E-state index contributed by atoms with van der Waals surface area (Å²) in [5.41, 5.74) is 11.8. The molecule has 6 rings (SSSR count). The van der Waals surface area contributed by atoms with Crippen molar-refractivity contribution in [3.05, 3.63) is 155 Å². The number of hydrogen-bond acceptors (Lipinski definition) is 1. The number of anilines is 1. The minimum Gasteiger partial charge on any atom is -0.418 e. The quantitative estimate of drug-likeness (QED) is 0.0933. The lowest BCUT2D eigenvalue weighted by Gasteiger charge is -2.26. The molecule has 0 spiro atoms. The fourth-order valence-corrected chi connectivity index (χ4v) is 6.51. The molecule has 1 aliphatic heterocycles. The van der Waals surface area contributed by atoms with Crippen LogP contribution in [0.1, 0.15) is 73.5 Å². The van der Waals surface area contributed by atoms with Crippen molar-refractivity contribution >= 4 is 25.0 Å². The predicted molar refractivity (Wildman–Crippen MR) is 188 cm³/mol. The summed E-state index contributed by atoms with van der Waals surface area (Å²) in [5.74, 6) is 0.430. The topological polar surface area (TPSA) is 6.25 Å². The van der Waals surface area contributed by atoms with E-state index in [4.69, 9.17) is 0 Å². The molecule has 0 saturated heterocycles. The van der Waals surface area contributed by atoms with E-state index < -0.39 is 7.25 Å². The van der Waals surface area contributed by atoms with Crippen LogP contribution in [-0.4, -0.2) is 18.2 Å². The van der Waals surface area contributed by atoms with Gasteiger partial charge in [0.15, 0.2) is 12.1 Å². The number of para-hydroxylation sites is 1. The van der Waals surface area contributed by atoms with E-state index in [9.17, 15) is 17.3 Å². The Kier molecular flexibility index (Phi) is 10.6. The number of aryl methyl sites for hydroxylation is 2. The summed E-state index contributed by atoms with van der Waals surface area (Å²) < 4.78 is 41.6. The minimum absolute atomic E-state index is 0.0769. The van der Waals surface area contributed by atoms with E-state index in [2.05, 4.69) is 171 Å². The van der Waals surface area contributed by atoms with Crippen molar-refractivity contribution in [1.29, 1.82) is 0 Å². The summed E-state index contributed by atoms with van der Waals surface area (Å²) in [4.78, 5) is 2.56. The fourth-order valence-electron chi connectivity index (χ4n) is 6.51. The molecule has 0 N–H and O–H groups in total. The smallest absolute Gasteiger partial charge is 0.418 e. The molecule has 2 atom stereocenters. The van der Waals surface area contributed by atoms with Crippen LogP contribution in [0, 0.1) is 0 Å². The van der Waals surface area contributed by atoms with Crippen molar-refractivity contribution in [1.82, 2.24) is 0 Å². The molecule has 1 heterocycles. The molecule has 7 heteroatoms. The Labute approximate surface area is 276 Å². The van der Waals surface area contributed by atoms with E-state index >= 15 is 0 Å². The van der Waals surface area contributed by atoms with Crippen molar-refractivity contribution in [2.45, 2.75) is 58.5 Å². The molecule has 0 amide bonds. The van der Waals surface area contributed by atoms with E-state index in [1.54, 1.807) is 0 Å². The van der Waals surface area contributed by atoms with E-state index in [0.717, 1.165) is 12.8 Å². The summed E-state index contributed by atoms with van der Waals surface area (Å²) in [6.45, 7) is 9.12. The van der Waals surface area contributed by atoms with Gasteiger partial charge in [0.25, 0.3) is 0 Å². The number of halogens is 4. The normalized spacial score (nSPS) is 16.1. The lowest BCUT2D eigenvalue weighted by molar-refractivity contribution is -0.482. The van der Waals surface area contributed by atoms with E-state index in [1.807, 2.05) is 0 Å². The second-order valence-corrected chi connectivity index (χ2v) is 12.1. The Morgan fingerprint density at radius 3 is 1.68 bits per heavy atom. The van der Waals surface area contributed by atoms with Gasteiger partial charge in [0.05, 0.1) is 0 Å². The van der Waals surface area contributed by atoms with Crippen LogP contribution in [0.15, 0.2) is 127 Å². The molecule has 0 aromatic heterocycles. The van der Waals surface area contributed by atoms with Crippen molar-refractivity contribution < 1.29 is 21.8 Å². The van der Waals surface area contributed by atoms with Gasteiger partial charge in [-0.3, -0.25) is 0 Å². The van der Waals surface area contributed by atoms with Gasteiger partial charge in [-0.1, -0.05) is 143 Å². The van der Waals surface area contributed by atoms with Crippen LogP contribution < -0.4 is 4.90 Å². The van der Waals surface area contributed by atoms with Crippen LogP contribution in [0.3, 0.4) is 0 Å². The zero-order chi connectivity index (χ0) is 33.6. The van der Waals surface area contributed by atoms with Gasteiger partial charge in [-0.25, -0.2) is 9.48 Å². The van der Waals surface area contributed by atoms with Crippen molar-refractivity contribution in [3.8, 4) is 11.1 Å². The first-order chi connectivity index (χ1) is 22.6. The largest absolute Gasteiger partial charge is 0.673 e. The summed E-state index contributed by atoms with van der Waals surface area (Å²) >= 11 is 0. The summed E-state index contributed by atoms with van der Waals surface area (Å²) in [6, 6.07) is 47.1. The van der Waals surface area contributed by atoms with Gasteiger partial charge in [-0.15, -0.1) is 0 Å². The average Bonchev–Trinajstić information content (AvgIpc) is 3.48. The van der Waals surface area contributed by atoms with Crippen molar-refractivity contribution in [2.24, 2.45) is 0 Å². The van der Waals surface area contributed by atoms with Crippen LogP contribution in [0.2, 0.25) is 0 Å². The monoisotopic (exact) mass is 636 g/mol. The van der Waals surface area contributed by atoms with Gasteiger partial charge < -0.3 is 17.3 Å². The van der Waals surface area contributed by atoms with Gasteiger partial charge in [-0.05, 0) is 53.1 Å². The third-order valence-electron chi connectivity index (χ3n) is 8.70. The summed E-state index contributed by atoms with van der Waals surface area (Å²) in [5, 5.41) is 0. The maximum Gasteiger partial charge on any atom is 0.673 e. The molecule has 5 aromatic carbocycles. The first-order valence-electron chi connectivity index (χ1n) is 16.3. The first kappa shape index (κ1) is 33.7. The number of rotatable bonds is 8. The molecule has 5 aromatic rings. The summed E-state index contributed by atoms with van der Waals surface area (Å²) in [7, 11) is -6.00. The van der Waals surface area contributed by atoms with Crippen LogP contribution in [0.25, 0.3) is 11.1 Å². The van der Waals surface area contributed by atoms with Crippen LogP contribution in [0.4, 0.5) is 28.6 Å². The zero-order valence-corrected chi connectivity index (χ0v) is 27.3. The van der Waals surface area contributed by atoms with Crippen LogP contribution in [-0.2, 0) is 12.8 Å². The van der Waals surface area contributed by atoms with E-state index in [1.165, 1.54) is 50.3 Å². The second kappa shape index (κ2) is 14.8. The molecule has 242 valence electrons. The molecule has 0 fully saturated rings. The van der Waals surface area contributed by atoms with Gasteiger partial charge in [0, 0.05) is 16.7 Å². The molecule has 2 nitrogen and oxygen atoms in total. The van der Waals surface area contributed by atoms with E-state index in [-0.39, 0.29) is 12.1 Å². The van der Waals surface area contributed by atoms with Gasteiger partial charge in [-0.2, -0.15) is 0 Å². The molecular formula is C40H41BF4N2. The predicted octanol–water partition coefficient (Wildman–Crippen LogP) is 11.6. The zero-order valence-electron chi connectivity index (χ0n) is 27.3. The Balaban J connectivity index is 0.000000807. The molecule has 0 bridgehead atoms. The first-order valence-corrected chi connectivity index (χ1v) is 16.3.